The van der Waals surface area contributed by atoms with E-state index in [4.69, 9.17) is 4.74 Å². The molecule has 0 heterocycles. The van der Waals surface area contributed by atoms with Crippen LogP contribution in [-0.2, 0) is 9.53 Å². The van der Waals surface area contributed by atoms with Gasteiger partial charge >= 0.3 is 5.97 Å². The molecule has 0 N–H and O–H groups in total. The van der Waals surface area contributed by atoms with Gasteiger partial charge in [0.15, 0.2) is 0 Å². The van der Waals surface area contributed by atoms with Crippen molar-refractivity contribution in [2.75, 3.05) is 6.61 Å². The lowest BCUT2D eigenvalue weighted by molar-refractivity contribution is -0.137. The van der Waals surface area contributed by atoms with E-state index in [-0.39, 0.29) is 5.97 Å². The van der Waals surface area contributed by atoms with Gasteiger partial charge in [-0.2, -0.15) is 0 Å². The Hall–Kier alpha value is 0.157. The van der Waals surface area contributed by atoms with Gasteiger partial charge in [-0.25, -0.2) is 4.79 Å². The summed E-state index contributed by atoms with van der Waals surface area (Å²) in [7, 11) is 0. The van der Waals surface area contributed by atoms with Crippen LogP contribution in [-0.4, -0.2) is 18.1 Å². The van der Waals surface area contributed by atoms with Crippen LogP contribution in [0.2, 0.25) is 19.1 Å². The van der Waals surface area contributed by atoms with Crippen molar-refractivity contribution in [3.8, 4) is 0 Å². The van der Waals surface area contributed by atoms with Crippen LogP contribution >= 0.6 is 21.8 Å². The highest BCUT2D eigenvalue weighted by Gasteiger charge is 2.14. The number of halogens is 1. The van der Waals surface area contributed by atoms with E-state index < -0.39 is 5.57 Å². The third-order valence-electron chi connectivity index (χ3n) is 1.71. The minimum absolute atomic E-state index is 0.224. The highest BCUT2D eigenvalue weighted by molar-refractivity contribution is 14.1. The van der Waals surface area contributed by atoms with Crippen LogP contribution in [0.25, 0.3) is 0 Å². The van der Waals surface area contributed by atoms with Crippen LogP contribution in [0.5, 0.6) is 0 Å². The van der Waals surface area contributed by atoms with Crippen molar-refractivity contribution in [2.45, 2.75) is 38.9 Å². The molecular formula is C10H19IO2Si. The van der Waals surface area contributed by atoms with Gasteiger partial charge in [-0.3, -0.25) is 0 Å². The molecule has 0 spiro atoms. The highest BCUT2D eigenvalue weighted by atomic mass is 127. The fourth-order valence-electron chi connectivity index (χ4n) is 1.00. The largest absolute Gasteiger partial charge is 0.463 e. The molecule has 0 aromatic heterocycles. The molecule has 0 aliphatic heterocycles. The van der Waals surface area contributed by atoms with Gasteiger partial charge in [-0.15, -0.1) is 21.8 Å². The van der Waals surface area contributed by atoms with Gasteiger partial charge in [0.05, 0.1) is 6.61 Å². The zero-order chi connectivity index (χ0) is 11.0. The normalized spacial score (nSPS) is 12.0. The van der Waals surface area contributed by atoms with E-state index >= 15 is 0 Å². The number of rotatable bonds is 6. The number of esters is 1. The lowest BCUT2D eigenvalue weighted by Gasteiger charge is -2.12. The summed E-state index contributed by atoms with van der Waals surface area (Å²) in [6, 6.07) is 1.30. The van der Waals surface area contributed by atoms with Gasteiger partial charge in [-0.05, 0) is 19.4 Å². The first-order chi connectivity index (χ1) is 6.45. The Morgan fingerprint density at radius 1 is 1.43 bits per heavy atom. The summed E-state index contributed by atoms with van der Waals surface area (Å²) in [5.74, 6) is -0.224. The number of allylic oxidation sites excluding steroid dienone is 1. The zero-order valence-electron chi connectivity index (χ0n) is 9.18. The number of unbranched alkanes of at least 4 members (excludes halogenated alkanes) is 1. The molecular weight excluding hydrogens is 307 g/mol. The lowest BCUT2D eigenvalue weighted by atomic mass is 10.3. The van der Waals surface area contributed by atoms with Gasteiger partial charge in [0.2, 0.25) is 0 Å². The van der Waals surface area contributed by atoms with Crippen molar-refractivity contribution >= 4 is 33.3 Å². The molecule has 14 heavy (non-hydrogen) atoms. The molecule has 2 nitrogen and oxygen atoms in total. The Balaban J connectivity index is 3.35. The Bertz CT molecular complexity index is 197. The van der Waals surface area contributed by atoms with E-state index in [2.05, 4.69) is 34.9 Å². The van der Waals surface area contributed by atoms with Crippen LogP contribution < -0.4 is 0 Å². The summed E-state index contributed by atoms with van der Waals surface area (Å²) in [5.41, 5.74) is -0.934. The minimum atomic E-state index is -0.934. The first-order valence-corrected chi connectivity index (χ1v) is 11.3. The molecule has 0 saturated heterocycles. The van der Waals surface area contributed by atoms with Crippen LogP contribution in [0.4, 0.5) is 0 Å². The Labute approximate surface area is 100 Å². The molecule has 0 aromatic carbocycles. The SMILES string of the molecule is CC=CC(=O)OCCCC[Si](C)(C)I. The van der Waals surface area contributed by atoms with E-state index in [0.717, 1.165) is 6.42 Å². The topological polar surface area (TPSA) is 26.3 Å². The smallest absolute Gasteiger partial charge is 0.330 e. The standard InChI is InChI=1S/C10H19IO2Si/c1-4-7-10(12)13-8-5-6-9-14(2,3)11/h4,7H,5-6,8-9H2,1-3H3. The maximum Gasteiger partial charge on any atom is 0.330 e. The first-order valence-electron chi connectivity index (χ1n) is 4.94. The molecule has 0 bridgehead atoms. The predicted molar refractivity (Wildman–Crippen MR) is 71.3 cm³/mol. The maximum absolute atomic E-state index is 10.9. The molecule has 0 aliphatic rings. The van der Waals surface area contributed by atoms with Crippen molar-refractivity contribution in [1.82, 2.24) is 0 Å². The van der Waals surface area contributed by atoms with Crippen molar-refractivity contribution in [3.63, 3.8) is 0 Å². The first kappa shape index (κ1) is 14.2. The van der Waals surface area contributed by atoms with Gasteiger partial charge in [-0.1, -0.05) is 25.6 Å². The van der Waals surface area contributed by atoms with Crippen LogP contribution in [0, 0.1) is 0 Å². The summed E-state index contributed by atoms with van der Waals surface area (Å²) >= 11 is 2.58. The molecule has 0 atom stereocenters. The molecule has 0 amide bonds. The van der Waals surface area contributed by atoms with E-state index in [1.54, 1.807) is 6.08 Å². The summed E-state index contributed by atoms with van der Waals surface area (Å²) in [4.78, 5) is 10.9. The predicted octanol–water partition coefficient (Wildman–Crippen LogP) is 3.53. The van der Waals surface area contributed by atoms with Crippen LogP contribution in [0.15, 0.2) is 12.2 Å². The quantitative estimate of drug-likeness (QED) is 0.186. The number of hydrogen-bond acceptors (Lipinski definition) is 2. The Morgan fingerprint density at radius 2 is 2.07 bits per heavy atom. The van der Waals surface area contributed by atoms with Gasteiger partial charge in [0, 0.05) is 6.08 Å². The zero-order valence-corrected chi connectivity index (χ0v) is 12.3. The van der Waals surface area contributed by atoms with Crippen LogP contribution in [0.3, 0.4) is 0 Å². The third-order valence-corrected chi connectivity index (χ3v) is 4.87. The fourth-order valence-corrected chi connectivity index (χ4v) is 3.24. The Kier molecular flexibility index (Phi) is 7.53. The van der Waals surface area contributed by atoms with Crippen molar-refractivity contribution in [1.29, 1.82) is 0 Å². The van der Waals surface area contributed by atoms with Gasteiger partial charge in [0.25, 0.3) is 0 Å². The maximum atomic E-state index is 10.9. The highest BCUT2D eigenvalue weighted by Crippen LogP contribution is 2.20. The molecule has 82 valence electrons. The number of carbonyl (C=O) groups is 1. The molecule has 0 rings (SSSR count). The van der Waals surface area contributed by atoms with Gasteiger partial charge < -0.3 is 4.74 Å². The van der Waals surface area contributed by atoms with E-state index in [1.165, 1.54) is 18.5 Å². The second-order valence-corrected chi connectivity index (χ2v) is 16.5. The van der Waals surface area contributed by atoms with E-state index in [1.807, 2.05) is 6.92 Å². The van der Waals surface area contributed by atoms with Crippen molar-refractivity contribution < 1.29 is 9.53 Å². The Morgan fingerprint density at radius 3 is 2.57 bits per heavy atom. The number of hydrogen-bond donors (Lipinski definition) is 0. The minimum Gasteiger partial charge on any atom is -0.463 e. The van der Waals surface area contributed by atoms with Crippen molar-refractivity contribution in [3.05, 3.63) is 12.2 Å². The van der Waals surface area contributed by atoms with E-state index in [0.29, 0.717) is 6.61 Å². The molecule has 0 aliphatic carbocycles. The summed E-state index contributed by atoms with van der Waals surface area (Å²) in [6.45, 7) is 7.06. The monoisotopic (exact) mass is 326 g/mol. The molecule has 0 unspecified atom stereocenters. The molecule has 4 heteroatoms. The third kappa shape index (κ3) is 10.2. The lowest BCUT2D eigenvalue weighted by Crippen LogP contribution is -2.14. The number of carbonyl (C=O) groups excluding carboxylic acids is 1. The average molecular weight is 326 g/mol. The summed E-state index contributed by atoms with van der Waals surface area (Å²) < 4.78 is 4.98. The summed E-state index contributed by atoms with van der Waals surface area (Å²) in [5, 5.41) is 0. The average Bonchev–Trinajstić information content (AvgIpc) is 2.02. The summed E-state index contributed by atoms with van der Waals surface area (Å²) in [6.07, 6.45) is 5.31. The fraction of sp³-hybridized carbons (Fsp3) is 0.700. The number of ether oxygens (including phenoxy) is 1. The van der Waals surface area contributed by atoms with Gasteiger partial charge in [0.1, 0.15) is 5.57 Å². The van der Waals surface area contributed by atoms with E-state index in [9.17, 15) is 4.79 Å². The second kappa shape index (κ2) is 7.45. The van der Waals surface area contributed by atoms with Crippen LogP contribution in [0.1, 0.15) is 19.8 Å². The second-order valence-electron chi connectivity index (χ2n) is 3.84. The molecule has 0 aromatic rings. The molecule has 0 saturated carbocycles. The molecule has 0 fully saturated rings. The molecule has 0 radical (unpaired) electrons. The van der Waals surface area contributed by atoms with Crippen molar-refractivity contribution in [2.24, 2.45) is 0 Å².